The van der Waals surface area contributed by atoms with Gasteiger partial charge in [0.2, 0.25) is 5.91 Å². The second kappa shape index (κ2) is 5.60. The summed E-state index contributed by atoms with van der Waals surface area (Å²) in [5, 5.41) is 10.0. The van der Waals surface area contributed by atoms with Crippen molar-refractivity contribution in [2.24, 2.45) is 11.3 Å². The van der Waals surface area contributed by atoms with E-state index in [0.717, 1.165) is 19.4 Å². The Labute approximate surface area is 112 Å². The van der Waals surface area contributed by atoms with E-state index in [0.29, 0.717) is 25.3 Å². The summed E-state index contributed by atoms with van der Waals surface area (Å²) in [7, 11) is 0. The van der Waals surface area contributed by atoms with E-state index in [1.807, 2.05) is 11.8 Å². The number of nitrogens with zero attached hydrogens (tertiary/aromatic N) is 1. The lowest BCUT2D eigenvalue weighted by Crippen LogP contribution is -2.35. The van der Waals surface area contributed by atoms with Gasteiger partial charge < -0.3 is 10.0 Å². The Bertz CT molecular complexity index is 291. The Morgan fingerprint density at radius 2 is 1.94 bits per heavy atom. The van der Waals surface area contributed by atoms with E-state index in [2.05, 4.69) is 27.7 Å². The number of hydrogen-bond acceptors (Lipinski definition) is 2. The van der Waals surface area contributed by atoms with Gasteiger partial charge in [-0.1, -0.05) is 27.7 Å². The van der Waals surface area contributed by atoms with Crippen molar-refractivity contribution in [2.45, 2.75) is 65.9 Å². The summed E-state index contributed by atoms with van der Waals surface area (Å²) in [4.78, 5) is 14.2. The Kier molecular flexibility index (Phi) is 4.82. The molecule has 0 saturated carbocycles. The molecule has 3 nitrogen and oxygen atoms in total. The molecule has 0 spiro atoms. The van der Waals surface area contributed by atoms with Crippen LogP contribution in [0.1, 0.15) is 60.3 Å². The van der Waals surface area contributed by atoms with Crippen molar-refractivity contribution in [3.05, 3.63) is 0 Å². The summed E-state index contributed by atoms with van der Waals surface area (Å²) in [5.41, 5.74) is -0.419. The minimum atomic E-state index is -0.593. The molecule has 1 heterocycles. The molecule has 2 atom stereocenters. The Balaban J connectivity index is 2.52. The van der Waals surface area contributed by atoms with Gasteiger partial charge >= 0.3 is 0 Å². The molecule has 0 aromatic heterocycles. The zero-order chi connectivity index (χ0) is 14.0. The van der Waals surface area contributed by atoms with Crippen LogP contribution in [0.5, 0.6) is 0 Å². The third kappa shape index (κ3) is 4.60. The van der Waals surface area contributed by atoms with E-state index >= 15 is 0 Å². The fraction of sp³-hybridized carbons (Fsp3) is 0.933. The Morgan fingerprint density at radius 1 is 1.33 bits per heavy atom. The van der Waals surface area contributed by atoms with Gasteiger partial charge in [0.05, 0.1) is 5.60 Å². The molecule has 0 aromatic rings. The SMILES string of the molecule is CC(CC(=O)N1CCCC(C)(O)CC1)C(C)(C)C. The van der Waals surface area contributed by atoms with Crippen LogP contribution in [0, 0.1) is 11.3 Å². The maximum Gasteiger partial charge on any atom is 0.222 e. The maximum absolute atomic E-state index is 12.3. The van der Waals surface area contributed by atoms with Crippen LogP contribution in [0.3, 0.4) is 0 Å². The van der Waals surface area contributed by atoms with E-state index in [1.54, 1.807) is 0 Å². The number of carbonyl (C=O) groups excluding carboxylic acids is 1. The molecule has 1 fully saturated rings. The van der Waals surface area contributed by atoms with Gasteiger partial charge in [-0.2, -0.15) is 0 Å². The van der Waals surface area contributed by atoms with Crippen LogP contribution in [0.2, 0.25) is 0 Å². The zero-order valence-corrected chi connectivity index (χ0v) is 12.6. The van der Waals surface area contributed by atoms with Crippen LogP contribution in [0.15, 0.2) is 0 Å². The first kappa shape index (κ1) is 15.5. The second-order valence-corrected chi connectivity index (χ2v) is 7.20. The van der Waals surface area contributed by atoms with Crippen molar-refractivity contribution in [1.29, 1.82) is 0 Å². The minimum Gasteiger partial charge on any atom is -0.390 e. The molecule has 2 unspecified atom stereocenters. The summed E-state index contributed by atoms with van der Waals surface area (Å²) >= 11 is 0. The first-order valence-corrected chi connectivity index (χ1v) is 7.12. The predicted molar refractivity (Wildman–Crippen MR) is 74.3 cm³/mol. The van der Waals surface area contributed by atoms with Crippen LogP contribution >= 0.6 is 0 Å². The van der Waals surface area contributed by atoms with E-state index in [1.165, 1.54) is 0 Å². The van der Waals surface area contributed by atoms with Gasteiger partial charge in [0.1, 0.15) is 0 Å². The van der Waals surface area contributed by atoms with Crippen molar-refractivity contribution in [1.82, 2.24) is 4.90 Å². The highest BCUT2D eigenvalue weighted by Gasteiger charge is 2.29. The topological polar surface area (TPSA) is 40.5 Å². The molecule has 0 aromatic carbocycles. The molecule has 1 saturated heterocycles. The molecule has 1 amide bonds. The van der Waals surface area contributed by atoms with Crippen LogP contribution in [-0.4, -0.2) is 34.6 Å². The number of hydrogen-bond donors (Lipinski definition) is 1. The largest absolute Gasteiger partial charge is 0.390 e. The molecule has 106 valence electrons. The highest BCUT2D eigenvalue weighted by atomic mass is 16.3. The average Bonchev–Trinajstić information content (AvgIpc) is 2.37. The first-order chi connectivity index (χ1) is 8.12. The summed E-state index contributed by atoms with van der Waals surface area (Å²) in [6.07, 6.45) is 3.02. The van der Waals surface area contributed by atoms with E-state index in [4.69, 9.17) is 0 Å². The standard InChI is InChI=1S/C15H29NO2/c1-12(14(2,3)4)11-13(17)16-9-6-7-15(5,18)8-10-16/h12,18H,6-11H2,1-5H3. The summed E-state index contributed by atoms with van der Waals surface area (Å²) < 4.78 is 0. The Morgan fingerprint density at radius 3 is 2.50 bits per heavy atom. The smallest absolute Gasteiger partial charge is 0.222 e. The van der Waals surface area contributed by atoms with Gasteiger partial charge in [-0.3, -0.25) is 4.79 Å². The van der Waals surface area contributed by atoms with E-state index < -0.39 is 5.60 Å². The monoisotopic (exact) mass is 255 g/mol. The summed E-state index contributed by atoms with van der Waals surface area (Å²) in [5.74, 6) is 0.629. The van der Waals surface area contributed by atoms with Gasteiger partial charge in [-0.05, 0) is 37.5 Å². The highest BCUT2D eigenvalue weighted by Crippen LogP contribution is 2.29. The number of likely N-dealkylation sites (tertiary alicyclic amines) is 1. The Hall–Kier alpha value is -0.570. The predicted octanol–water partition coefficient (Wildman–Crippen LogP) is 2.82. The van der Waals surface area contributed by atoms with Crippen LogP contribution in [0.25, 0.3) is 0 Å². The molecule has 1 N–H and O–H groups in total. The maximum atomic E-state index is 12.3. The normalized spacial score (nSPS) is 27.8. The van der Waals surface area contributed by atoms with Crippen molar-refractivity contribution in [2.75, 3.05) is 13.1 Å². The number of rotatable bonds is 2. The van der Waals surface area contributed by atoms with Crippen molar-refractivity contribution >= 4 is 5.91 Å². The minimum absolute atomic E-state index is 0.174. The molecule has 1 rings (SSSR count). The quantitative estimate of drug-likeness (QED) is 0.824. The lowest BCUT2D eigenvalue weighted by Gasteiger charge is -2.29. The zero-order valence-electron chi connectivity index (χ0n) is 12.6. The average molecular weight is 255 g/mol. The summed E-state index contributed by atoms with van der Waals surface area (Å²) in [6.45, 7) is 12.0. The molecule has 1 aliphatic rings. The fourth-order valence-corrected chi connectivity index (χ4v) is 2.21. The van der Waals surface area contributed by atoms with Crippen molar-refractivity contribution in [3.63, 3.8) is 0 Å². The van der Waals surface area contributed by atoms with Crippen molar-refractivity contribution < 1.29 is 9.90 Å². The van der Waals surface area contributed by atoms with Gasteiger partial charge in [-0.25, -0.2) is 0 Å². The lowest BCUT2D eigenvalue weighted by atomic mass is 9.80. The molecule has 1 aliphatic heterocycles. The molecular formula is C15H29NO2. The molecule has 0 bridgehead atoms. The first-order valence-electron chi connectivity index (χ1n) is 7.12. The van der Waals surface area contributed by atoms with E-state index in [-0.39, 0.29) is 11.3 Å². The van der Waals surface area contributed by atoms with Gasteiger partial charge in [0.15, 0.2) is 0 Å². The lowest BCUT2D eigenvalue weighted by molar-refractivity contribution is -0.133. The van der Waals surface area contributed by atoms with Crippen molar-refractivity contribution in [3.8, 4) is 0 Å². The number of carbonyl (C=O) groups is 1. The molecular weight excluding hydrogens is 226 g/mol. The van der Waals surface area contributed by atoms with Gasteiger partial charge in [0.25, 0.3) is 0 Å². The highest BCUT2D eigenvalue weighted by molar-refractivity contribution is 5.76. The summed E-state index contributed by atoms with van der Waals surface area (Å²) in [6, 6.07) is 0. The third-order valence-electron chi connectivity index (χ3n) is 4.38. The molecule has 0 aliphatic carbocycles. The number of amides is 1. The van der Waals surface area contributed by atoms with Crippen LogP contribution < -0.4 is 0 Å². The molecule has 18 heavy (non-hydrogen) atoms. The van der Waals surface area contributed by atoms with Crippen LogP contribution in [-0.2, 0) is 4.79 Å². The van der Waals surface area contributed by atoms with Gasteiger partial charge in [-0.15, -0.1) is 0 Å². The third-order valence-corrected chi connectivity index (χ3v) is 4.38. The van der Waals surface area contributed by atoms with Crippen LogP contribution in [0.4, 0.5) is 0 Å². The second-order valence-electron chi connectivity index (χ2n) is 7.20. The number of aliphatic hydroxyl groups is 1. The van der Waals surface area contributed by atoms with Gasteiger partial charge in [0, 0.05) is 19.5 Å². The molecule has 3 heteroatoms. The van der Waals surface area contributed by atoms with E-state index in [9.17, 15) is 9.90 Å². The fourth-order valence-electron chi connectivity index (χ4n) is 2.21. The molecule has 0 radical (unpaired) electrons.